The zero-order chi connectivity index (χ0) is 14.0. The second kappa shape index (κ2) is 5.41. The van der Waals surface area contributed by atoms with E-state index in [2.05, 4.69) is 21.2 Å². The number of rotatable bonds is 3. The van der Waals surface area contributed by atoms with E-state index in [1.165, 1.54) is 29.5 Å². The average Bonchev–Trinajstić information content (AvgIpc) is 2.78. The van der Waals surface area contributed by atoms with Crippen LogP contribution in [0.5, 0.6) is 5.75 Å². The van der Waals surface area contributed by atoms with Gasteiger partial charge in [0.25, 0.3) is 5.91 Å². The Labute approximate surface area is 120 Å². The van der Waals surface area contributed by atoms with Gasteiger partial charge in [-0.3, -0.25) is 4.79 Å². The summed E-state index contributed by atoms with van der Waals surface area (Å²) in [6.45, 7) is 0. The lowest BCUT2D eigenvalue weighted by molar-refractivity contribution is 0.0693. The molecule has 98 valence electrons. The molecule has 19 heavy (non-hydrogen) atoms. The number of aromatic hydroxyl groups is 1. The van der Waals surface area contributed by atoms with Crippen molar-refractivity contribution in [3.63, 3.8) is 0 Å². The first kappa shape index (κ1) is 13.6. The van der Waals surface area contributed by atoms with Crippen LogP contribution in [0.1, 0.15) is 20.0 Å². The Morgan fingerprint density at radius 3 is 2.53 bits per heavy atom. The van der Waals surface area contributed by atoms with Crippen molar-refractivity contribution in [1.29, 1.82) is 0 Å². The third-order valence-corrected chi connectivity index (χ3v) is 3.90. The minimum absolute atomic E-state index is 0.259. The number of carboxylic acid groups (broad SMARTS) is 1. The Morgan fingerprint density at radius 1 is 1.21 bits per heavy atom. The van der Waals surface area contributed by atoms with Crippen LogP contribution < -0.4 is 5.32 Å². The highest BCUT2D eigenvalue weighted by molar-refractivity contribution is 9.11. The fourth-order valence-electron chi connectivity index (χ4n) is 1.41. The molecule has 0 fully saturated rings. The molecule has 3 N–H and O–H groups in total. The number of thiophene rings is 1. The van der Waals surface area contributed by atoms with Gasteiger partial charge >= 0.3 is 5.97 Å². The van der Waals surface area contributed by atoms with Crippen LogP contribution in [0.4, 0.5) is 5.69 Å². The second-order valence-electron chi connectivity index (χ2n) is 3.59. The van der Waals surface area contributed by atoms with Crippen LogP contribution in [0.2, 0.25) is 0 Å². The molecular formula is C12H8BrNO4S. The molecule has 0 atom stereocenters. The summed E-state index contributed by atoms with van der Waals surface area (Å²) in [7, 11) is 0. The summed E-state index contributed by atoms with van der Waals surface area (Å²) < 4.78 is 0.828. The zero-order valence-corrected chi connectivity index (χ0v) is 11.8. The van der Waals surface area contributed by atoms with Crippen LogP contribution in [0, 0.1) is 0 Å². The van der Waals surface area contributed by atoms with Crippen molar-refractivity contribution in [1.82, 2.24) is 0 Å². The third kappa shape index (κ3) is 3.12. The van der Waals surface area contributed by atoms with Gasteiger partial charge in [0.05, 0.1) is 8.66 Å². The van der Waals surface area contributed by atoms with Gasteiger partial charge in [-0.1, -0.05) is 0 Å². The van der Waals surface area contributed by atoms with E-state index < -0.39 is 5.97 Å². The number of halogens is 1. The van der Waals surface area contributed by atoms with E-state index in [9.17, 15) is 14.7 Å². The molecule has 0 radical (unpaired) electrons. The van der Waals surface area contributed by atoms with Crippen molar-refractivity contribution < 1.29 is 19.8 Å². The zero-order valence-electron chi connectivity index (χ0n) is 9.38. The van der Waals surface area contributed by atoms with E-state index in [-0.39, 0.29) is 17.2 Å². The monoisotopic (exact) mass is 341 g/mol. The van der Waals surface area contributed by atoms with E-state index in [1.54, 1.807) is 12.1 Å². The number of benzene rings is 1. The van der Waals surface area contributed by atoms with E-state index in [1.807, 2.05) is 0 Å². The van der Waals surface area contributed by atoms with E-state index in [0.717, 1.165) is 3.79 Å². The molecular weight excluding hydrogens is 334 g/mol. The lowest BCUT2D eigenvalue weighted by Crippen LogP contribution is -2.10. The fourth-order valence-corrected chi connectivity index (χ4v) is 2.70. The first-order valence-electron chi connectivity index (χ1n) is 5.10. The molecule has 0 aliphatic heterocycles. The van der Waals surface area contributed by atoms with Crippen molar-refractivity contribution in [3.05, 3.63) is 44.6 Å². The number of phenols is 1. The second-order valence-corrected chi connectivity index (χ2v) is 6.06. The van der Waals surface area contributed by atoms with Crippen LogP contribution in [0.3, 0.4) is 0 Å². The maximum Gasteiger partial charge on any atom is 0.339 e. The highest BCUT2D eigenvalue weighted by atomic mass is 79.9. The van der Waals surface area contributed by atoms with Gasteiger partial charge < -0.3 is 15.5 Å². The highest BCUT2D eigenvalue weighted by Crippen LogP contribution is 2.25. The van der Waals surface area contributed by atoms with Crippen molar-refractivity contribution in [2.75, 3.05) is 5.32 Å². The van der Waals surface area contributed by atoms with Crippen LogP contribution in [-0.4, -0.2) is 22.1 Å². The molecule has 1 aromatic carbocycles. The first-order valence-corrected chi connectivity index (χ1v) is 6.71. The number of aromatic carboxylic acids is 1. The molecule has 1 aromatic heterocycles. The van der Waals surface area contributed by atoms with Gasteiger partial charge in [-0.25, -0.2) is 4.79 Å². The van der Waals surface area contributed by atoms with E-state index >= 15 is 0 Å². The van der Waals surface area contributed by atoms with E-state index in [4.69, 9.17) is 5.11 Å². The van der Waals surface area contributed by atoms with Crippen LogP contribution in [-0.2, 0) is 0 Å². The Kier molecular flexibility index (Phi) is 3.87. The summed E-state index contributed by atoms with van der Waals surface area (Å²) in [6.07, 6.45) is 0. The van der Waals surface area contributed by atoms with Gasteiger partial charge in [-0.2, -0.15) is 0 Å². The molecule has 0 aliphatic carbocycles. The van der Waals surface area contributed by atoms with Crippen LogP contribution >= 0.6 is 27.3 Å². The minimum atomic E-state index is -1.26. The SMILES string of the molecule is O=C(Nc1ccc(O)c(C(=O)O)c1)c1ccc(Br)s1. The number of anilines is 1. The van der Waals surface area contributed by atoms with E-state index in [0.29, 0.717) is 10.6 Å². The molecule has 0 spiro atoms. The predicted molar refractivity (Wildman–Crippen MR) is 75.0 cm³/mol. The number of carbonyl (C=O) groups is 2. The fraction of sp³-hybridized carbons (Fsp3) is 0. The highest BCUT2D eigenvalue weighted by Gasteiger charge is 2.13. The number of amides is 1. The molecule has 0 saturated heterocycles. The van der Waals surface area contributed by atoms with Gasteiger partial charge in [0.1, 0.15) is 11.3 Å². The molecule has 0 saturated carbocycles. The Balaban J connectivity index is 2.22. The molecule has 5 nitrogen and oxygen atoms in total. The number of carboxylic acids is 1. The molecule has 0 unspecified atom stereocenters. The standard InChI is InChI=1S/C12H8BrNO4S/c13-10-4-3-9(19-10)11(16)14-6-1-2-8(15)7(5-6)12(17)18/h1-5,15H,(H,14,16)(H,17,18). The smallest absolute Gasteiger partial charge is 0.339 e. The maximum absolute atomic E-state index is 11.9. The molecule has 0 aliphatic rings. The topological polar surface area (TPSA) is 86.6 Å². The summed E-state index contributed by atoms with van der Waals surface area (Å²) >= 11 is 4.52. The molecule has 2 rings (SSSR count). The van der Waals surface area contributed by atoms with Crippen molar-refractivity contribution in [2.45, 2.75) is 0 Å². The van der Waals surface area contributed by atoms with Crippen molar-refractivity contribution in [2.24, 2.45) is 0 Å². The quantitative estimate of drug-likeness (QED) is 0.748. The number of nitrogens with one attached hydrogen (secondary N) is 1. The number of hydrogen-bond acceptors (Lipinski definition) is 4. The normalized spacial score (nSPS) is 10.2. The number of carbonyl (C=O) groups excluding carboxylic acids is 1. The summed E-state index contributed by atoms with van der Waals surface area (Å²) in [4.78, 5) is 23.2. The van der Waals surface area contributed by atoms with Crippen molar-refractivity contribution in [3.8, 4) is 5.75 Å². The van der Waals surface area contributed by atoms with Gasteiger partial charge in [0, 0.05) is 5.69 Å². The van der Waals surface area contributed by atoms with Gasteiger partial charge in [-0.15, -0.1) is 11.3 Å². The lowest BCUT2D eigenvalue weighted by atomic mass is 10.2. The van der Waals surface area contributed by atoms with Gasteiger partial charge in [0.15, 0.2) is 0 Å². The summed E-state index contributed by atoms with van der Waals surface area (Å²) in [5, 5.41) is 20.8. The Bertz CT molecular complexity index is 653. The Morgan fingerprint density at radius 2 is 1.95 bits per heavy atom. The van der Waals surface area contributed by atoms with Gasteiger partial charge in [0.2, 0.25) is 0 Å². The molecule has 0 bridgehead atoms. The molecule has 2 aromatic rings. The predicted octanol–water partition coefficient (Wildman–Crippen LogP) is 3.17. The first-order chi connectivity index (χ1) is 8.97. The average molecular weight is 342 g/mol. The largest absolute Gasteiger partial charge is 0.507 e. The third-order valence-electron chi connectivity index (χ3n) is 2.28. The summed E-state index contributed by atoms with van der Waals surface area (Å²) in [5.41, 5.74) is 0.0508. The number of hydrogen-bond donors (Lipinski definition) is 3. The van der Waals surface area contributed by atoms with Crippen LogP contribution in [0.25, 0.3) is 0 Å². The lowest BCUT2D eigenvalue weighted by Gasteiger charge is -2.06. The minimum Gasteiger partial charge on any atom is -0.507 e. The maximum atomic E-state index is 11.9. The summed E-state index contributed by atoms with van der Waals surface area (Å²) in [6, 6.07) is 7.27. The van der Waals surface area contributed by atoms with Crippen LogP contribution in [0.15, 0.2) is 34.1 Å². The molecule has 1 amide bonds. The molecule has 1 heterocycles. The van der Waals surface area contributed by atoms with Gasteiger partial charge in [-0.05, 0) is 46.3 Å². The Hall–Kier alpha value is -1.86. The van der Waals surface area contributed by atoms with Crippen molar-refractivity contribution >= 4 is 44.8 Å². The summed E-state index contributed by atoms with van der Waals surface area (Å²) in [5.74, 6) is -1.94. The molecule has 7 heteroatoms.